The van der Waals surface area contributed by atoms with Crippen molar-refractivity contribution in [2.75, 3.05) is 0 Å². The summed E-state index contributed by atoms with van der Waals surface area (Å²) in [6.07, 6.45) is 2.12. The van der Waals surface area contributed by atoms with Crippen LogP contribution in [-0.2, 0) is 0 Å². The van der Waals surface area contributed by atoms with Crippen molar-refractivity contribution in [1.82, 2.24) is 0 Å². The maximum absolute atomic E-state index is 8.36. The smallest absolute Gasteiger partial charge is 0.0570 e. The van der Waals surface area contributed by atoms with Crippen LogP contribution in [0.1, 0.15) is 33.6 Å². The molecule has 0 amide bonds. The predicted molar refractivity (Wildman–Crippen MR) is 39.0 cm³/mol. The summed E-state index contributed by atoms with van der Waals surface area (Å²) in [6, 6.07) is 0. The lowest BCUT2D eigenvalue weighted by atomic mass is 9.99. The van der Waals surface area contributed by atoms with Gasteiger partial charge in [-0.3, -0.25) is 0 Å². The Bertz CT molecular complexity index is 95.1. The Morgan fingerprint density at radius 1 is 1.44 bits per heavy atom. The van der Waals surface area contributed by atoms with Crippen molar-refractivity contribution in [2.45, 2.75) is 33.6 Å². The van der Waals surface area contributed by atoms with E-state index in [9.17, 15) is 0 Å². The molecule has 9 heavy (non-hydrogen) atoms. The molecule has 0 aliphatic heterocycles. The van der Waals surface area contributed by atoms with Crippen LogP contribution in [-0.4, -0.2) is 10.9 Å². The maximum atomic E-state index is 8.36. The van der Waals surface area contributed by atoms with Crippen molar-refractivity contribution in [3.8, 4) is 0 Å². The minimum absolute atomic E-state index is 0.468. The highest BCUT2D eigenvalue weighted by Crippen LogP contribution is 2.08. The van der Waals surface area contributed by atoms with Gasteiger partial charge in [0.2, 0.25) is 0 Å². The van der Waals surface area contributed by atoms with E-state index < -0.39 is 0 Å². The molecule has 0 saturated carbocycles. The first-order valence-corrected chi connectivity index (χ1v) is 3.44. The first kappa shape index (κ1) is 8.47. The fraction of sp³-hybridized carbons (Fsp3) is 0.857. The van der Waals surface area contributed by atoms with Gasteiger partial charge in [0.15, 0.2) is 0 Å². The average molecular weight is 129 g/mol. The van der Waals surface area contributed by atoms with E-state index in [0.717, 1.165) is 18.6 Å². The quantitative estimate of drug-likeness (QED) is 0.354. The third-order valence-electron chi connectivity index (χ3n) is 1.73. The molecule has 0 fully saturated rings. The predicted octanol–water partition coefficient (Wildman–Crippen LogP) is 2.27. The zero-order valence-corrected chi connectivity index (χ0v) is 6.39. The molecule has 0 radical (unpaired) electrons. The van der Waals surface area contributed by atoms with E-state index in [4.69, 9.17) is 5.21 Å². The Morgan fingerprint density at radius 2 is 1.89 bits per heavy atom. The molecule has 0 unspecified atom stereocenters. The number of oxime groups is 1. The molecule has 0 aromatic heterocycles. The maximum Gasteiger partial charge on any atom is 0.0570 e. The van der Waals surface area contributed by atoms with E-state index in [1.54, 1.807) is 0 Å². The summed E-state index contributed by atoms with van der Waals surface area (Å²) < 4.78 is 0. The summed E-state index contributed by atoms with van der Waals surface area (Å²) in [5.41, 5.74) is 0.847. The van der Waals surface area contributed by atoms with Gasteiger partial charge in [-0.15, -0.1) is 0 Å². The van der Waals surface area contributed by atoms with Crippen LogP contribution >= 0.6 is 0 Å². The second-order valence-corrected chi connectivity index (χ2v) is 2.25. The molecular formula is C7H15NO. The van der Waals surface area contributed by atoms with Crippen molar-refractivity contribution < 1.29 is 5.21 Å². The Morgan fingerprint density at radius 3 is 2.00 bits per heavy atom. The molecule has 2 nitrogen and oxygen atoms in total. The van der Waals surface area contributed by atoms with E-state index in [2.05, 4.69) is 19.0 Å². The zero-order valence-electron chi connectivity index (χ0n) is 6.39. The monoisotopic (exact) mass is 129 g/mol. The Labute approximate surface area is 56.6 Å². The van der Waals surface area contributed by atoms with Gasteiger partial charge in [-0.1, -0.05) is 19.0 Å². The SMILES string of the molecule is CCC(CC)/C(C)=N\O. The number of hydrogen-bond acceptors (Lipinski definition) is 2. The van der Waals surface area contributed by atoms with E-state index in [0.29, 0.717) is 5.92 Å². The normalized spacial score (nSPS) is 12.7. The zero-order chi connectivity index (χ0) is 7.28. The largest absolute Gasteiger partial charge is 0.411 e. The molecule has 0 heterocycles. The van der Waals surface area contributed by atoms with Crippen molar-refractivity contribution in [2.24, 2.45) is 11.1 Å². The minimum Gasteiger partial charge on any atom is -0.411 e. The van der Waals surface area contributed by atoms with Gasteiger partial charge in [-0.25, -0.2) is 0 Å². The van der Waals surface area contributed by atoms with Crippen molar-refractivity contribution in [3.05, 3.63) is 0 Å². The van der Waals surface area contributed by atoms with Crippen LogP contribution in [0.5, 0.6) is 0 Å². The van der Waals surface area contributed by atoms with Gasteiger partial charge < -0.3 is 5.21 Å². The first-order valence-electron chi connectivity index (χ1n) is 3.44. The fourth-order valence-electron chi connectivity index (χ4n) is 0.961. The van der Waals surface area contributed by atoms with E-state index >= 15 is 0 Å². The lowest BCUT2D eigenvalue weighted by Crippen LogP contribution is -2.08. The van der Waals surface area contributed by atoms with Crippen molar-refractivity contribution >= 4 is 5.71 Å². The summed E-state index contributed by atoms with van der Waals surface area (Å²) in [4.78, 5) is 0. The lowest BCUT2D eigenvalue weighted by Gasteiger charge is -2.08. The van der Waals surface area contributed by atoms with Crippen LogP contribution < -0.4 is 0 Å². The number of nitrogens with zero attached hydrogens (tertiary/aromatic N) is 1. The molecule has 0 atom stereocenters. The molecule has 0 aliphatic rings. The molecular weight excluding hydrogens is 114 g/mol. The summed E-state index contributed by atoms with van der Waals surface area (Å²) in [5.74, 6) is 0.468. The summed E-state index contributed by atoms with van der Waals surface area (Å²) >= 11 is 0. The average Bonchev–Trinajstić information content (AvgIpc) is 1.90. The van der Waals surface area contributed by atoms with Crippen LogP contribution in [0.25, 0.3) is 0 Å². The molecule has 0 spiro atoms. The lowest BCUT2D eigenvalue weighted by molar-refractivity contribution is 0.313. The molecule has 2 heteroatoms. The minimum atomic E-state index is 0.468. The van der Waals surface area contributed by atoms with Gasteiger partial charge in [0.1, 0.15) is 0 Å². The molecule has 0 aromatic rings. The van der Waals surface area contributed by atoms with Crippen molar-refractivity contribution in [1.29, 1.82) is 0 Å². The van der Waals surface area contributed by atoms with Crippen LogP contribution in [0, 0.1) is 5.92 Å². The topological polar surface area (TPSA) is 32.6 Å². The molecule has 0 aromatic carbocycles. The molecule has 0 rings (SSSR count). The third kappa shape index (κ3) is 2.49. The van der Waals surface area contributed by atoms with E-state index in [1.165, 1.54) is 0 Å². The van der Waals surface area contributed by atoms with Crippen molar-refractivity contribution in [3.63, 3.8) is 0 Å². The first-order chi connectivity index (χ1) is 4.26. The van der Waals surface area contributed by atoms with Gasteiger partial charge in [0.25, 0.3) is 0 Å². The molecule has 54 valence electrons. The van der Waals surface area contributed by atoms with Crippen LogP contribution in [0.4, 0.5) is 0 Å². The van der Waals surface area contributed by atoms with Gasteiger partial charge in [-0.2, -0.15) is 0 Å². The number of hydrogen-bond donors (Lipinski definition) is 1. The highest BCUT2D eigenvalue weighted by molar-refractivity contribution is 5.83. The highest BCUT2D eigenvalue weighted by atomic mass is 16.4. The van der Waals surface area contributed by atoms with Gasteiger partial charge in [-0.05, 0) is 25.7 Å². The summed E-state index contributed by atoms with van der Waals surface area (Å²) in [6.45, 7) is 6.06. The van der Waals surface area contributed by atoms with Crippen LogP contribution in [0.3, 0.4) is 0 Å². The Hall–Kier alpha value is -0.530. The molecule has 0 aliphatic carbocycles. The third-order valence-corrected chi connectivity index (χ3v) is 1.73. The standard InChI is InChI=1S/C7H15NO/c1-4-7(5-2)6(3)8-9/h7,9H,4-5H2,1-3H3/b8-6-. The van der Waals surface area contributed by atoms with E-state index in [-0.39, 0.29) is 0 Å². The Kier molecular flexibility index (Phi) is 4.10. The number of rotatable bonds is 3. The van der Waals surface area contributed by atoms with E-state index in [1.807, 2.05) is 6.92 Å². The second-order valence-electron chi connectivity index (χ2n) is 2.25. The highest BCUT2D eigenvalue weighted by Gasteiger charge is 2.05. The fourth-order valence-corrected chi connectivity index (χ4v) is 0.961. The molecule has 1 N–H and O–H groups in total. The second kappa shape index (κ2) is 4.36. The van der Waals surface area contributed by atoms with Gasteiger partial charge in [0, 0.05) is 0 Å². The van der Waals surface area contributed by atoms with Gasteiger partial charge in [0.05, 0.1) is 5.71 Å². The molecule has 0 bridgehead atoms. The Balaban J connectivity index is 3.79. The van der Waals surface area contributed by atoms with Crippen LogP contribution in [0.15, 0.2) is 5.16 Å². The summed E-state index contributed by atoms with van der Waals surface area (Å²) in [7, 11) is 0. The van der Waals surface area contributed by atoms with Crippen LogP contribution in [0.2, 0.25) is 0 Å². The van der Waals surface area contributed by atoms with Gasteiger partial charge >= 0.3 is 0 Å². The molecule has 0 saturated heterocycles. The summed E-state index contributed by atoms with van der Waals surface area (Å²) in [5, 5.41) is 11.5.